The summed E-state index contributed by atoms with van der Waals surface area (Å²) in [5, 5.41) is 9.54. The molecular formula is C42H30O2. The number of methoxy groups -OCH3 is 2. The van der Waals surface area contributed by atoms with Crippen molar-refractivity contribution in [1.82, 2.24) is 0 Å². The highest BCUT2D eigenvalue weighted by Gasteiger charge is 2.16. The molecule has 0 aromatic heterocycles. The molecule has 0 unspecified atom stereocenters. The van der Waals surface area contributed by atoms with Gasteiger partial charge in [-0.1, -0.05) is 133 Å². The number of hydrogen-bond donors (Lipinski definition) is 0. The number of benzene rings is 8. The summed E-state index contributed by atoms with van der Waals surface area (Å²) in [6.07, 6.45) is 0. The summed E-state index contributed by atoms with van der Waals surface area (Å²) in [5.74, 6) is 1.78. The van der Waals surface area contributed by atoms with E-state index in [0.717, 1.165) is 22.3 Å². The minimum Gasteiger partial charge on any atom is -0.496 e. The summed E-state index contributed by atoms with van der Waals surface area (Å²) in [7, 11) is 3.47. The van der Waals surface area contributed by atoms with Crippen molar-refractivity contribution in [2.75, 3.05) is 14.2 Å². The standard InChI is InChI=1S/C42H30O2/c1-43-41-25-23-37(33-13-5-7-15-39(33)41)32-20-10-17-29-30(32)18-9-19-31(29)35-21-22-36(28-12-4-3-11-27(28)35)38-24-26-42(44-2)40-16-8-6-14-34(38)40/h3-26H,1-2H3. The zero-order valence-corrected chi connectivity index (χ0v) is 24.7. The first kappa shape index (κ1) is 26.1. The van der Waals surface area contributed by atoms with Crippen LogP contribution in [0.2, 0.25) is 0 Å². The van der Waals surface area contributed by atoms with Gasteiger partial charge in [0.2, 0.25) is 0 Å². The van der Waals surface area contributed by atoms with Gasteiger partial charge in [0, 0.05) is 10.8 Å². The highest BCUT2D eigenvalue weighted by molar-refractivity contribution is 6.15. The molecule has 2 heteroatoms. The van der Waals surface area contributed by atoms with E-state index in [-0.39, 0.29) is 0 Å². The zero-order chi connectivity index (χ0) is 29.6. The van der Waals surface area contributed by atoms with E-state index in [4.69, 9.17) is 9.47 Å². The molecule has 0 aliphatic heterocycles. The predicted octanol–water partition coefficient (Wildman–Crippen LogP) is 11.3. The molecule has 0 aliphatic rings. The topological polar surface area (TPSA) is 18.5 Å². The van der Waals surface area contributed by atoms with Crippen LogP contribution in [0.15, 0.2) is 146 Å². The SMILES string of the molecule is COc1ccc(-c2cccc3c(-c4ccc(-c5ccc(OC)c6ccccc56)c5ccccc45)cccc23)c2ccccc12. The lowest BCUT2D eigenvalue weighted by Crippen LogP contribution is -1.91. The fourth-order valence-electron chi connectivity index (χ4n) is 6.92. The second-order valence-corrected chi connectivity index (χ2v) is 11.1. The van der Waals surface area contributed by atoms with Crippen molar-refractivity contribution in [3.05, 3.63) is 146 Å². The van der Waals surface area contributed by atoms with Gasteiger partial charge in [0.1, 0.15) is 11.5 Å². The molecule has 8 aromatic rings. The van der Waals surface area contributed by atoms with Crippen LogP contribution in [0.4, 0.5) is 0 Å². The first-order valence-electron chi connectivity index (χ1n) is 14.9. The van der Waals surface area contributed by atoms with Crippen LogP contribution in [0.5, 0.6) is 11.5 Å². The fourth-order valence-corrected chi connectivity index (χ4v) is 6.92. The Morgan fingerprint density at radius 2 is 0.500 bits per heavy atom. The maximum absolute atomic E-state index is 5.69. The van der Waals surface area contributed by atoms with Crippen molar-refractivity contribution in [1.29, 1.82) is 0 Å². The minimum atomic E-state index is 0.890. The average molecular weight is 567 g/mol. The summed E-state index contributed by atoms with van der Waals surface area (Å²) < 4.78 is 11.4. The smallest absolute Gasteiger partial charge is 0.126 e. The number of rotatable bonds is 5. The molecule has 0 amide bonds. The summed E-state index contributed by atoms with van der Waals surface area (Å²) in [6, 6.07) is 52.2. The van der Waals surface area contributed by atoms with E-state index in [9.17, 15) is 0 Å². The van der Waals surface area contributed by atoms with Gasteiger partial charge in [-0.2, -0.15) is 0 Å². The molecule has 0 radical (unpaired) electrons. The lowest BCUT2D eigenvalue weighted by molar-refractivity contribution is 0.420. The molecule has 210 valence electrons. The predicted molar refractivity (Wildman–Crippen MR) is 186 cm³/mol. The molecule has 0 spiro atoms. The van der Waals surface area contributed by atoms with Gasteiger partial charge in [-0.15, -0.1) is 0 Å². The fraction of sp³-hybridized carbons (Fsp3) is 0.0476. The molecule has 44 heavy (non-hydrogen) atoms. The van der Waals surface area contributed by atoms with E-state index >= 15 is 0 Å². The van der Waals surface area contributed by atoms with Gasteiger partial charge < -0.3 is 9.47 Å². The van der Waals surface area contributed by atoms with E-state index in [1.807, 2.05) is 0 Å². The van der Waals surface area contributed by atoms with E-state index in [0.29, 0.717) is 0 Å². The third kappa shape index (κ3) is 4.03. The van der Waals surface area contributed by atoms with Crippen molar-refractivity contribution in [3.8, 4) is 44.9 Å². The normalized spacial score (nSPS) is 11.4. The first-order valence-corrected chi connectivity index (χ1v) is 14.9. The molecule has 0 bridgehead atoms. The van der Waals surface area contributed by atoms with Gasteiger partial charge >= 0.3 is 0 Å². The lowest BCUT2D eigenvalue weighted by atomic mass is 9.87. The van der Waals surface area contributed by atoms with E-state index < -0.39 is 0 Å². The second kappa shape index (κ2) is 10.6. The van der Waals surface area contributed by atoms with Crippen LogP contribution >= 0.6 is 0 Å². The first-order chi connectivity index (χ1) is 21.8. The zero-order valence-electron chi connectivity index (χ0n) is 24.7. The van der Waals surface area contributed by atoms with Gasteiger partial charge in [0.25, 0.3) is 0 Å². The Hall–Kier alpha value is -5.60. The van der Waals surface area contributed by atoms with E-state index in [1.54, 1.807) is 14.2 Å². The van der Waals surface area contributed by atoms with Gasteiger partial charge in [-0.3, -0.25) is 0 Å². The third-order valence-electron chi connectivity index (χ3n) is 8.92. The number of hydrogen-bond acceptors (Lipinski definition) is 2. The van der Waals surface area contributed by atoms with Crippen LogP contribution in [0, 0.1) is 0 Å². The van der Waals surface area contributed by atoms with Crippen molar-refractivity contribution in [2.45, 2.75) is 0 Å². The molecule has 8 aromatic carbocycles. The van der Waals surface area contributed by atoms with Crippen LogP contribution in [0.3, 0.4) is 0 Å². The summed E-state index contributed by atoms with van der Waals surface area (Å²) in [4.78, 5) is 0. The Labute approximate surface area is 256 Å². The summed E-state index contributed by atoms with van der Waals surface area (Å²) in [5.41, 5.74) is 7.29. The molecule has 0 N–H and O–H groups in total. The van der Waals surface area contributed by atoms with Crippen molar-refractivity contribution < 1.29 is 9.47 Å². The summed E-state index contributed by atoms with van der Waals surface area (Å²) >= 11 is 0. The second-order valence-electron chi connectivity index (χ2n) is 11.1. The van der Waals surface area contributed by atoms with Gasteiger partial charge in [-0.05, 0) is 77.8 Å². The molecule has 0 fully saturated rings. The molecule has 0 saturated heterocycles. The van der Waals surface area contributed by atoms with Crippen LogP contribution in [0.25, 0.3) is 76.5 Å². The van der Waals surface area contributed by atoms with Gasteiger partial charge in [0.05, 0.1) is 14.2 Å². The molecule has 0 saturated carbocycles. The Kier molecular flexibility index (Phi) is 6.27. The van der Waals surface area contributed by atoms with Crippen molar-refractivity contribution >= 4 is 43.1 Å². The third-order valence-corrected chi connectivity index (χ3v) is 8.92. The average Bonchev–Trinajstić information content (AvgIpc) is 3.10. The Bertz CT molecular complexity index is 2240. The van der Waals surface area contributed by atoms with Gasteiger partial charge in [-0.25, -0.2) is 0 Å². The molecular weight excluding hydrogens is 536 g/mol. The lowest BCUT2D eigenvalue weighted by Gasteiger charge is -2.17. The molecule has 0 atom stereocenters. The highest BCUT2D eigenvalue weighted by Crippen LogP contribution is 2.44. The van der Waals surface area contributed by atoms with Crippen LogP contribution in [-0.4, -0.2) is 14.2 Å². The molecule has 2 nitrogen and oxygen atoms in total. The van der Waals surface area contributed by atoms with Gasteiger partial charge in [0.15, 0.2) is 0 Å². The van der Waals surface area contributed by atoms with Crippen LogP contribution in [0.1, 0.15) is 0 Å². The van der Waals surface area contributed by atoms with Crippen molar-refractivity contribution in [2.24, 2.45) is 0 Å². The van der Waals surface area contributed by atoms with E-state index in [2.05, 4.69) is 146 Å². The van der Waals surface area contributed by atoms with Crippen LogP contribution < -0.4 is 9.47 Å². The Morgan fingerprint density at radius 3 is 0.841 bits per heavy atom. The monoisotopic (exact) mass is 566 g/mol. The molecule has 0 aliphatic carbocycles. The number of fused-ring (bicyclic) bond motifs is 4. The Morgan fingerprint density at radius 1 is 0.250 bits per heavy atom. The van der Waals surface area contributed by atoms with Crippen LogP contribution in [-0.2, 0) is 0 Å². The van der Waals surface area contributed by atoms with Crippen molar-refractivity contribution in [3.63, 3.8) is 0 Å². The summed E-state index contributed by atoms with van der Waals surface area (Å²) in [6.45, 7) is 0. The van der Waals surface area contributed by atoms with E-state index in [1.165, 1.54) is 65.7 Å². The molecule has 8 rings (SSSR count). The highest BCUT2D eigenvalue weighted by atomic mass is 16.5. The minimum absolute atomic E-state index is 0.890. The quantitative estimate of drug-likeness (QED) is 0.206. The maximum atomic E-state index is 5.69. The molecule has 0 heterocycles. The number of ether oxygens (including phenoxy) is 2. The maximum Gasteiger partial charge on any atom is 0.126 e. The Balaban J connectivity index is 1.35. The largest absolute Gasteiger partial charge is 0.496 e.